The molecule has 0 saturated carbocycles. The molecule has 0 bridgehead atoms. The third kappa shape index (κ3) is 3.13. The second-order valence-electron chi connectivity index (χ2n) is 4.98. The maximum Gasteiger partial charge on any atom is 0.242 e. The number of nitrogens with one attached hydrogen (secondary N) is 2. The zero-order chi connectivity index (χ0) is 13.8. The summed E-state index contributed by atoms with van der Waals surface area (Å²) in [5.41, 5.74) is 2.08. The highest BCUT2D eigenvalue weighted by Crippen LogP contribution is 2.31. The van der Waals surface area contributed by atoms with E-state index in [0.717, 1.165) is 37.1 Å². The summed E-state index contributed by atoms with van der Waals surface area (Å²) >= 11 is 0. The molecule has 2 rings (SSSR count). The summed E-state index contributed by atoms with van der Waals surface area (Å²) in [6.07, 6.45) is 4.83. The van der Waals surface area contributed by atoms with Crippen LogP contribution in [0.2, 0.25) is 0 Å². The number of nitrogens with zero attached hydrogens (tertiary/aromatic N) is 2. The average Bonchev–Trinajstić information content (AvgIpc) is 2.82. The molecule has 104 valence electrons. The molecule has 0 unspecified atom stereocenters. The maximum absolute atomic E-state index is 12.2. The van der Waals surface area contributed by atoms with Crippen LogP contribution in [0.4, 0.5) is 0 Å². The van der Waals surface area contributed by atoms with Crippen LogP contribution in [0.5, 0.6) is 0 Å². The first-order chi connectivity index (χ1) is 9.09. The summed E-state index contributed by atoms with van der Waals surface area (Å²) in [6, 6.07) is 0.0532. The Morgan fingerprint density at radius 3 is 2.95 bits per heavy atom. The SMILES string of the molecule is CC(=O)NCC(=O)N1CCCC[C@H]1c1[nH]ncc1C. The molecular weight excluding hydrogens is 244 g/mol. The number of rotatable bonds is 3. The first kappa shape index (κ1) is 13.6. The van der Waals surface area contributed by atoms with Crippen molar-refractivity contribution in [3.8, 4) is 0 Å². The molecule has 1 aliphatic heterocycles. The van der Waals surface area contributed by atoms with Crippen LogP contribution in [0.15, 0.2) is 6.20 Å². The molecular formula is C13H20N4O2. The fraction of sp³-hybridized carbons (Fsp3) is 0.615. The molecule has 1 fully saturated rings. The Balaban J connectivity index is 2.10. The molecule has 1 atom stereocenters. The predicted molar refractivity (Wildman–Crippen MR) is 70.3 cm³/mol. The van der Waals surface area contributed by atoms with E-state index in [4.69, 9.17) is 0 Å². The molecule has 2 amide bonds. The number of hydrogen-bond donors (Lipinski definition) is 2. The highest BCUT2D eigenvalue weighted by atomic mass is 16.2. The van der Waals surface area contributed by atoms with Gasteiger partial charge in [0.25, 0.3) is 0 Å². The fourth-order valence-electron chi connectivity index (χ4n) is 2.53. The number of carbonyl (C=O) groups excluding carboxylic acids is 2. The second kappa shape index (κ2) is 5.86. The van der Waals surface area contributed by atoms with Gasteiger partial charge in [-0.3, -0.25) is 14.7 Å². The van der Waals surface area contributed by atoms with Crippen LogP contribution in [-0.2, 0) is 9.59 Å². The molecule has 1 aromatic rings. The Labute approximate surface area is 112 Å². The van der Waals surface area contributed by atoms with Gasteiger partial charge in [0.2, 0.25) is 11.8 Å². The van der Waals surface area contributed by atoms with Crippen molar-refractivity contribution in [1.82, 2.24) is 20.4 Å². The van der Waals surface area contributed by atoms with E-state index in [1.54, 1.807) is 6.20 Å². The minimum Gasteiger partial charge on any atom is -0.347 e. The number of aromatic amines is 1. The van der Waals surface area contributed by atoms with Gasteiger partial charge in [-0.15, -0.1) is 0 Å². The summed E-state index contributed by atoms with van der Waals surface area (Å²) in [5.74, 6) is -0.214. The molecule has 1 aliphatic rings. The van der Waals surface area contributed by atoms with Crippen LogP contribution in [0.3, 0.4) is 0 Å². The molecule has 1 saturated heterocycles. The minimum absolute atomic E-state index is 0.0334. The third-order valence-corrected chi connectivity index (χ3v) is 3.51. The minimum atomic E-state index is -0.181. The number of piperidine rings is 1. The van der Waals surface area contributed by atoms with Crippen LogP contribution in [0.1, 0.15) is 43.5 Å². The number of carbonyl (C=O) groups is 2. The zero-order valence-corrected chi connectivity index (χ0v) is 11.4. The van der Waals surface area contributed by atoms with Crippen molar-refractivity contribution >= 4 is 11.8 Å². The number of hydrogen-bond acceptors (Lipinski definition) is 3. The molecule has 6 nitrogen and oxygen atoms in total. The number of likely N-dealkylation sites (tertiary alicyclic amines) is 1. The molecule has 1 aromatic heterocycles. The normalized spacial score (nSPS) is 19.3. The quantitative estimate of drug-likeness (QED) is 0.851. The number of amides is 2. The number of aryl methyl sites for hydroxylation is 1. The van der Waals surface area contributed by atoms with E-state index in [0.29, 0.717) is 0 Å². The fourth-order valence-corrected chi connectivity index (χ4v) is 2.53. The zero-order valence-electron chi connectivity index (χ0n) is 11.4. The molecule has 2 heterocycles. The lowest BCUT2D eigenvalue weighted by atomic mass is 9.97. The lowest BCUT2D eigenvalue weighted by molar-refractivity contribution is -0.136. The van der Waals surface area contributed by atoms with E-state index in [1.807, 2.05) is 11.8 Å². The van der Waals surface area contributed by atoms with E-state index in [1.165, 1.54) is 6.92 Å². The van der Waals surface area contributed by atoms with Crippen LogP contribution < -0.4 is 5.32 Å². The first-order valence-electron chi connectivity index (χ1n) is 6.63. The number of aromatic nitrogens is 2. The highest BCUT2D eigenvalue weighted by Gasteiger charge is 2.29. The first-order valence-corrected chi connectivity index (χ1v) is 6.63. The Morgan fingerprint density at radius 1 is 1.53 bits per heavy atom. The van der Waals surface area contributed by atoms with E-state index < -0.39 is 0 Å². The van der Waals surface area contributed by atoms with Crippen molar-refractivity contribution in [2.75, 3.05) is 13.1 Å². The standard InChI is InChI=1S/C13H20N4O2/c1-9-7-15-16-13(9)11-5-3-4-6-17(11)12(19)8-14-10(2)18/h7,11H,3-6,8H2,1-2H3,(H,14,18)(H,15,16)/t11-/m0/s1. The van der Waals surface area contributed by atoms with Gasteiger partial charge in [-0.2, -0.15) is 5.10 Å². The lowest BCUT2D eigenvalue weighted by Crippen LogP contribution is -2.44. The van der Waals surface area contributed by atoms with Gasteiger partial charge in [0.15, 0.2) is 0 Å². The monoisotopic (exact) mass is 264 g/mol. The molecule has 0 aromatic carbocycles. The van der Waals surface area contributed by atoms with Gasteiger partial charge < -0.3 is 10.2 Å². The second-order valence-corrected chi connectivity index (χ2v) is 4.98. The molecule has 0 radical (unpaired) electrons. The van der Waals surface area contributed by atoms with Crippen molar-refractivity contribution in [3.05, 3.63) is 17.5 Å². The maximum atomic E-state index is 12.2. The van der Waals surface area contributed by atoms with Gasteiger partial charge in [0, 0.05) is 13.5 Å². The van der Waals surface area contributed by atoms with Crippen LogP contribution in [0, 0.1) is 6.92 Å². The number of H-pyrrole nitrogens is 1. The highest BCUT2D eigenvalue weighted by molar-refractivity contribution is 5.84. The van der Waals surface area contributed by atoms with Crippen LogP contribution in [-0.4, -0.2) is 40.0 Å². The molecule has 6 heteroatoms. The topological polar surface area (TPSA) is 78.1 Å². The van der Waals surface area contributed by atoms with Crippen molar-refractivity contribution in [2.45, 2.75) is 39.2 Å². The molecule has 0 spiro atoms. The summed E-state index contributed by atoms with van der Waals surface area (Å²) in [7, 11) is 0. The van der Waals surface area contributed by atoms with Crippen molar-refractivity contribution in [3.63, 3.8) is 0 Å². The largest absolute Gasteiger partial charge is 0.347 e. The molecule has 0 aliphatic carbocycles. The molecule has 19 heavy (non-hydrogen) atoms. The molecule has 2 N–H and O–H groups in total. The van der Waals surface area contributed by atoms with Gasteiger partial charge in [0.05, 0.1) is 24.5 Å². The van der Waals surface area contributed by atoms with Gasteiger partial charge in [-0.05, 0) is 31.7 Å². The van der Waals surface area contributed by atoms with Crippen molar-refractivity contribution in [2.24, 2.45) is 0 Å². The summed E-state index contributed by atoms with van der Waals surface area (Å²) in [4.78, 5) is 24.9. The summed E-state index contributed by atoms with van der Waals surface area (Å²) in [6.45, 7) is 4.21. The van der Waals surface area contributed by atoms with Gasteiger partial charge in [0.1, 0.15) is 0 Å². The van der Waals surface area contributed by atoms with Gasteiger partial charge >= 0.3 is 0 Å². The summed E-state index contributed by atoms with van der Waals surface area (Å²) < 4.78 is 0. The summed E-state index contributed by atoms with van der Waals surface area (Å²) in [5, 5.41) is 9.59. The van der Waals surface area contributed by atoms with Crippen molar-refractivity contribution in [1.29, 1.82) is 0 Å². The Kier molecular flexibility index (Phi) is 4.19. The Bertz CT molecular complexity index is 469. The third-order valence-electron chi connectivity index (χ3n) is 3.51. The van der Waals surface area contributed by atoms with E-state index in [2.05, 4.69) is 15.5 Å². The van der Waals surface area contributed by atoms with E-state index in [-0.39, 0.29) is 24.4 Å². The van der Waals surface area contributed by atoms with E-state index >= 15 is 0 Å². The van der Waals surface area contributed by atoms with Gasteiger partial charge in [-0.25, -0.2) is 0 Å². The van der Waals surface area contributed by atoms with Gasteiger partial charge in [-0.1, -0.05) is 0 Å². The predicted octanol–water partition coefficient (Wildman–Crippen LogP) is 0.908. The Hall–Kier alpha value is -1.85. The van der Waals surface area contributed by atoms with Crippen LogP contribution >= 0.6 is 0 Å². The van der Waals surface area contributed by atoms with Crippen molar-refractivity contribution < 1.29 is 9.59 Å². The Morgan fingerprint density at radius 2 is 2.32 bits per heavy atom. The average molecular weight is 264 g/mol. The smallest absolute Gasteiger partial charge is 0.242 e. The van der Waals surface area contributed by atoms with Crippen LogP contribution in [0.25, 0.3) is 0 Å². The van der Waals surface area contributed by atoms with E-state index in [9.17, 15) is 9.59 Å². The lowest BCUT2D eigenvalue weighted by Gasteiger charge is -2.35.